The molecular weight excluding hydrogens is 200 g/mol. The Balaban J connectivity index is 3.54. The maximum atomic E-state index is 3.38. The van der Waals surface area contributed by atoms with Crippen LogP contribution in [0.2, 0.25) is 0 Å². The maximum absolute atomic E-state index is 3.38. The van der Waals surface area contributed by atoms with Crippen molar-refractivity contribution >= 4 is 15.9 Å². The fourth-order valence-corrected chi connectivity index (χ4v) is 1.37. The SMILES string of the molecule is CC(C)=CCCC(C)=CCBr. The molecule has 0 amide bonds. The average molecular weight is 217 g/mol. The van der Waals surface area contributed by atoms with Crippen LogP contribution in [0.4, 0.5) is 0 Å². The summed E-state index contributed by atoms with van der Waals surface area (Å²) < 4.78 is 0. The summed E-state index contributed by atoms with van der Waals surface area (Å²) in [7, 11) is 0. The number of allylic oxidation sites excluding steroid dienone is 4. The molecule has 64 valence electrons. The molecule has 1 heteroatoms. The lowest BCUT2D eigenvalue weighted by Gasteiger charge is -1.96. The van der Waals surface area contributed by atoms with Gasteiger partial charge in [-0.3, -0.25) is 0 Å². The third kappa shape index (κ3) is 7.86. The topological polar surface area (TPSA) is 0 Å². The molecule has 0 aromatic carbocycles. The first-order chi connectivity index (χ1) is 5.16. The second-order valence-electron chi connectivity index (χ2n) is 3.02. The van der Waals surface area contributed by atoms with Crippen LogP contribution in [0.1, 0.15) is 33.6 Å². The van der Waals surface area contributed by atoms with Crippen molar-refractivity contribution in [3.8, 4) is 0 Å². The van der Waals surface area contributed by atoms with Gasteiger partial charge in [0, 0.05) is 5.33 Å². The Bertz CT molecular complexity index is 150. The van der Waals surface area contributed by atoms with Crippen LogP contribution < -0.4 is 0 Å². The van der Waals surface area contributed by atoms with E-state index in [1.807, 2.05) is 0 Å². The van der Waals surface area contributed by atoms with Crippen LogP contribution in [0.5, 0.6) is 0 Å². The van der Waals surface area contributed by atoms with Crippen molar-refractivity contribution in [2.75, 3.05) is 5.33 Å². The third-order valence-corrected chi connectivity index (χ3v) is 1.84. The molecule has 0 aromatic rings. The van der Waals surface area contributed by atoms with Gasteiger partial charge in [-0.05, 0) is 33.6 Å². The summed E-state index contributed by atoms with van der Waals surface area (Å²) in [6.07, 6.45) is 6.87. The Labute approximate surface area is 78.5 Å². The highest BCUT2D eigenvalue weighted by molar-refractivity contribution is 9.09. The zero-order valence-electron chi connectivity index (χ0n) is 7.65. The van der Waals surface area contributed by atoms with Crippen molar-refractivity contribution in [2.24, 2.45) is 0 Å². The number of rotatable bonds is 4. The summed E-state index contributed by atoms with van der Waals surface area (Å²) in [6, 6.07) is 0. The Morgan fingerprint density at radius 2 is 1.82 bits per heavy atom. The van der Waals surface area contributed by atoms with Crippen molar-refractivity contribution in [1.82, 2.24) is 0 Å². The number of halogens is 1. The number of alkyl halides is 1. The van der Waals surface area contributed by atoms with Gasteiger partial charge in [0.15, 0.2) is 0 Å². The van der Waals surface area contributed by atoms with Crippen LogP contribution in [0, 0.1) is 0 Å². The second-order valence-corrected chi connectivity index (χ2v) is 3.67. The van der Waals surface area contributed by atoms with Gasteiger partial charge in [-0.1, -0.05) is 39.2 Å². The minimum absolute atomic E-state index is 0.980. The fourth-order valence-electron chi connectivity index (χ4n) is 0.822. The highest BCUT2D eigenvalue weighted by Gasteiger charge is 1.86. The predicted molar refractivity (Wildman–Crippen MR) is 56.2 cm³/mol. The Kier molecular flexibility index (Phi) is 6.63. The summed E-state index contributed by atoms with van der Waals surface area (Å²) in [5, 5.41) is 0.980. The molecule has 11 heavy (non-hydrogen) atoms. The maximum Gasteiger partial charge on any atom is 0.0214 e. The van der Waals surface area contributed by atoms with Crippen LogP contribution in [0.15, 0.2) is 23.3 Å². The zero-order valence-corrected chi connectivity index (χ0v) is 9.24. The second kappa shape index (κ2) is 6.66. The normalized spacial score (nSPS) is 11.5. The zero-order chi connectivity index (χ0) is 8.69. The van der Waals surface area contributed by atoms with E-state index >= 15 is 0 Å². The van der Waals surface area contributed by atoms with Gasteiger partial charge in [0.25, 0.3) is 0 Å². The van der Waals surface area contributed by atoms with Crippen molar-refractivity contribution < 1.29 is 0 Å². The summed E-state index contributed by atoms with van der Waals surface area (Å²) in [6.45, 7) is 6.47. The van der Waals surface area contributed by atoms with Crippen LogP contribution in [-0.4, -0.2) is 5.33 Å². The van der Waals surface area contributed by atoms with Gasteiger partial charge < -0.3 is 0 Å². The Morgan fingerprint density at radius 1 is 1.18 bits per heavy atom. The predicted octanol–water partition coefficient (Wildman–Crippen LogP) is 4.07. The first-order valence-corrected chi connectivity index (χ1v) is 5.14. The third-order valence-electron chi connectivity index (χ3n) is 1.52. The van der Waals surface area contributed by atoms with Crippen LogP contribution in [-0.2, 0) is 0 Å². The van der Waals surface area contributed by atoms with E-state index in [1.54, 1.807) is 0 Å². The van der Waals surface area contributed by atoms with Gasteiger partial charge in [0.2, 0.25) is 0 Å². The highest BCUT2D eigenvalue weighted by Crippen LogP contribution is 2.06. The average Bonchev–Trinajstić information content (AvgIpc) is 1.87. The molecule has 0 fully saturated rings. The van der Waals surface area contributed by atoms with Gasteiger partial charge in [0.1, 0.15) is 0 Å². The Hall–Kier alpha value is -0.0400. The van der Waals surface area contributed by atoms with E-state index < -0.39 is 0 Å². The molecule has 0 spiro atoms. The molecule has 0 nitrogen and oxygen atoms in total. The smallest absolute Gasteiger partial charge is 0.0214 e. The van der Waals surface area contributed by atoms with Gasteiger partial charge in [-0.25, -0.2) is 0 Å². The molecule has 0 unspecified atom stereocenters. The van der Waals surface area contributed by atoms with E-state index in [0.29, 0.717) is 0 Å². The largest absolute Gasteiger partial charge is 0.0883 e. The molecule has 0 aromatic heterocycles. The monoisotopic (exact) mass is 216 g/mol. The van der Waals surface area contributed by atoms with Gasteiger partial charge >= 0.3 is 0 Å². The number of hydrogen-bond acceptors (Lipinski definition) is 0. The fraction of sp³-hybridized carbons (Fsp3) is 0.600. The molecular formula is C10H17Br. The molecule has 0 saturated carbocycles. The summed E-state index contributed by atoms with van der Waals surface area (Å²) in [4.78, 5) is 0. The Morgan fingerprint density at radius 3 is 2.27 bits per heavy atom. The van der Waals surface area contributed by atoms with Crippen molar-refractivity contribution in [2.45, 2.75) is 33.6 Å². The molecule has 0 aliphatic rings. The van der Waals surface area contributed by atoms with E-state index in [0.717, 1.165) is 5.33 Å². The van der Waals surface area contributed by atoms with E-state index in [1.165, 1.54) is 24.0 Å². The minimum Gasteiger partial charge on any atom is -0.0883 e. The molecule has 0 aliphatic heterocycles. The van der Waals surface area contributed by atoms with Crippen molar-refractivity contribution in [3.05, 3.63) is 23.3 Å². The first kappa shape index (κ1) is 11.0. The van der Waals surface area contributed by atoms with Crippen molar-refractivity contribution in [1.29, 1.82) is 0 Å². The van der Waals surface area contributed by atoms with Crippen molar-refractivity contribution in [3.63, 3.8) is 0 Å². The van der Waals surface area contributed by atoms with E-state index in [4.69, 9.17) is 0 Å². The molecule has 0 radical (unpaired) electrons. The quantitative estimate of drug-likeness (QED) is 0.491. The molecule has 0 N–H and O–H groups in total. The van der Waals surface area contributed by atoms with Crippen LogP contribution >= 0.6 is 15.9 Å². The molecule has 0 atom stereocenters. The number of hydrogen-bond donors (Lipinski definition) is 0. The minimum atomic E-state index is 0.980. The standard InChI is InChI=1S/C10H17Br/c1-9(2)5-4-6-10(3)7-8-11/h5,7H,4,6,8H2,1-3H3. The lowest BCUT2D eigenvalue weighted by molar-refractivity contribution is 0.964. The molecule has 0 heterocycles. The highest BCUT2D eigenvalue weighted by atomic mass is 79.9. The summed E-state index contributed by atoms with van der Waals surface area (Å²) in [5.74, 6) is 0. The molecule has 0 rings (SSSR count). The van der Waals surface area contributed by atoms with Gasteiger partial charge in [-0.15, -0.1) is 0 Å². The van der Waals surface area contributed by atoms with E-state index in [2.05, 4.69) is 48.9 Å². The van der Waals surface area contributed by atoms with Crippen LogP contribution in [0.25, 0.3) is 0 Å². The molecule has 0 bridgehead atoms. The summed E-state index contributed by atoms with van der Waals surface area (Å²) >= 11 is 3.38. The lowest BCUT2D eigenvalue weighted by atomic mass is 10.1. The van der Waals surface area contributed by atoms with Gasteiger partial charge in [0.05, 0.1) is 0 Å². The van der Waals surface area contributed by atoms with E-state index in [-0.39, 0.29) is 0 Å². The van der Waals surface area contributed by atoms with Crippen LogP contribution in [0.3, 0.4) is 0 Å². The first-order valence-electron chi connectivity index (χ1n) is 4.01. The van der Waals surface area contributed by atoms with E-state index in [9.17, 15) is 0 Å². The molecule has 0 saturated heterocycles. The molecule has 0 aliphatic carbocycles. The van der Waals surface area contributed by atoms with Gasteiger partial charge in [-0.2, -0.15) is 0 Å². The lowest BCUT2D eigenvalue weighted by Crippen LogP contribution is -1.77. The summed E-state index contributed by atoms with van der Waals surface area (Å²) in [5.41, 5.74) is 2.89.